The SMILES string of the molecule is CC(C)NCc1cnc(-c2cc3ccccc3o2)nc1. The van der Waals surface area contributed by atoms with Crippen LogP contribution < -0.4 is 5.32 Å². The van der Waals surface area contributed by atoms with E-state index in [2.05, 4.69) is 29.1 Å². The summed E-state index contributed by atoms with van der Waals surface area (Å²) in [5.74, 6) is 1.32. The van der Waals surface area contributed by atoms with Crippen molar-refractivity contribution in [3.05, 3.63) is 48.3 Å². The van der Waals surface area contributed by atoms with Gasteiger partial charge in [0.15, 0.2) is 11.6 Å². The zero-order valence-corrected chi connectivity index (χ0v) is 11.6. The fourth-order valence-corrected chi connectivity index (χ4v) is 1.99. The average molecular weight is 267 g/mol. The van der Waals surface area contributed by atoms with Crippen LogP contribution in [0.15, 0.2) is 47.1 Å². The number of nitrogens with one attached hydrogen (secondary N) is 1. The Morgan fingerprint density at radius 3 is 2.60 bits per heavy atom. The van der Waals surface area contributed by atoms with E-state index < -0.39 is 0 Å². The van der Waals surface area contributed by atoms with Gasteiger partial charge in [0.25, 0.3) is 0 Å². The number of furan rings is 1. The predicted octanol–water partition coefficient (Wildman–Crippen LogP) is 3.39. The van der Waals surface area contributed by atoms with Gasteiger partial charge in [-0.3, -0.25) is 0 Å². The number of benzene rings is 1. The van der Waals surface area contributed by atoms with Gasteiger partial charge in [-0.25, -0.2) is 9.97 Å². The van der Waals surface area contributed by atoms with Crippen LogP contribution in [-0.2, 0) is 6.54 Å². The van der Waals surface area contributed by atoms with E-state index in [1.54, 1.807) is 0 Å². The quantitative estimate of drug-likeness (QED) is 0.787. The smallest absolute Gasteiger partial charge is 0.195 e. The summed E-state index contributed by atoms with van der Waals surface area (Å²) < 4.78 is 5.75. The first-order valence-electron chi connectivity index (χ1n) is 6.75. The second-order valence-electron chi connectivity index (χ2n) is 5.10. The van der Waals surface area contributed by atoms with E-state index in [9.17, 15) is 0 Å². The Kier molecular flexibility index (Phi) is 3.48. The molecule has 4 nitrogen and oxygen atoms in total. The third-order valence-electron chi connectivity index (χ3n) is 3.07. The third-order valence-corrected chi connectivity index (χ3v) is 3.07. The van der Waals surface area contributed by atoms with Crippen molar-refractivity contribution in [3.8, 4) is 11.6 Å². The van der Waals surface area contributed by atoms with Crippen LogP contribution in [0.25, 0.3) is 22.6 Å². The van der Waals surface area contributed by atoms with E-state index >= 15 is 0 Å². The zero-order valence-electron chi connectivity index (χ0n) is 11.6. The van der Waals surface area contributed by atoms with Crippen LogP contribution in [0, 0.1) is 0 Å². The fourth-order valence-electron chi connectivity index (χ4n) is 1.99. The molecule has 0 spiro atoms. The highest BCUT2D eigenvalue weighted by Gasteiger charge is 2.08. The summed E-state index contributed by atoms with van der Waals surface area (Å²) in [6.07, 6.45) is 3.68. The van der Waals surface area contributed by atoms with E-state index in [-0.39, 0.29) is 0 Å². The molecule has 0 bridgehead atoms. The summed E-state index contributed by atoms with van der Waals surface area (Å²) in [6.45, 7) is 5.01. The maximum atomic E-state index is 5.75. The molecule has 0 aliphatic rings. The summed E-state index contributed by atoms with van der Waals surface area (Å²) in [5, 5.41) is 4.41. The molecule has 1 aromatic carbocycles. The Hall–Kier alpha value is -2.20. The predicted molar refractivity (Wildman–Crippen MR) is 79.2 cm³/mol. The van der Waals surface area contributed by atoms with Crippen LogP contribution in [0.5, 0.6) is 0 Å². The van der Waals surface area contributed by atoms with Crippen molar-refractivity contribution in [2.45, 2.75) is 26.4 Å². The highest BCUT2D eigenvalue weighted by Crippen LogP contribution is 2.24. The van der Waals surface area contributed by atoms with Crippen molar-refractivity contribution in [1.29, 1.82) is 0 Å². The fraction of sp³-hybridized carbons (Fsp3) is 0.250. The summed E-state index contributed by atoms with van der Waals surface area (Å²) >= 11 is 0. The molecule has 20 heavy (non-hydrogen) atoms. The number of hydrogen-bond acceptors (Lipinski definition) is 4. The van der Waals surface area contributed by atoms with E-state index in [1.807, 2.05) is 42.7 Å². The molecule has 0 saturated heterocycles. The van der Waals surface area contributed by atoms with Crippen molar-refractivity contribution < 1.29 is 4.42 Å². The van der Waals surface area contributed by atoms with Gasteiger partial charge < -0.3 is 9.73 Å². The van der Waals surface area contributed by atoms with Crippen molar-refractivity contribution in [2.75, 3.05) is 0 Å². The molecule has 0 atom stereocenters. The lowest BCUT2D eigenvalue weighted by Gasteiger charge is -2.07. The molecule has 0 unspecified atom stereocenters. The number of nitrogens with zero attached hydrogens (tertiary/aromatic N) is 2. The first kappa shape index (κ1) is 12.8. The molecule has 0 amide bonds. The zero-order chi connectivity index (χ0) is 13.9. The van der Waals surface area contributed by atoms with Gasteiger partial charge >= 0.3 is 0 Å². The van der Waals surface area contributed by atoms with E-state index in [0.29, 0.717) is 17.6 Å². The summed E-state index contributed by atoms with van der Waals surface area (Å²) in [7, 11) is 0. The van der Waals surface area contributed by atoms with E-state index in [0.717, 1.165) is 23.1 Å². The lowest BCUT2D eigenvalue weighted by molar-refractivity contribution is 0.586. The molecule has 0 saturated carbocycles. The van der Waals surface area contributed by atoms with Crippen LogP contribution >= 0.6 is 0 Å². The largest absolute Gasteiger partial charge is 0.453 e. The number of para-hydroxylation sites is 1. The van der Waals surface area contributed by atoms with Gasteiger partial charge in [0.2, 0.25) is 0 Å². The van der Waals surface area contributed by atoms with Gasteiger partial charge in [-0.1, -0.05) is 32.0 Å². The van der Waals surface area contributed by atoms with E-state index in [1.165, 1.54) is 0 Å². The number of fused-ring (bicyclic) bond motifs is 1. The van der Waals surface area contributed by atoms with Gasteiger partial charge in [-0.2, -0.15) is 0 Å². The second-order valence-corrected chi connectivity index (χ2v) is 5.10. The Morgan fingerprint density at radius 2 is 1.90 bits per heavy atom. The molecule has 3 rings (SSSR count). The lowest BCUT2D eigenvalue weighted by Crippen LogP contribution is -2.21. The molecule has 0 fully saturated rings. The Labute approximate surface area is 117 Å². The number of rotatable bonds is 4. The normalized spacial score (nSPS) is 11.3. The standard InChI is InChI=1S/C16H17N3O/c1-11(2)17-8-12-9-18-16(19-10-12)15-7-13-5-3-4-6-14(13)20-15/h3-7,9-11,17H,8H2,1-2H3. The monoisotopic (exact) mass is 267 g/mol. The molecule has 0 radical (unpaired) electrons. The highest BCUT2D eigenvalue weighted by atomic mass is 16.3. The topological polar surface area (TPSA) is 51.0 Å². The van der Waals surface area contributed by atoms with Crippen molar-refractivity contribution in [1.82, 2.24) is 15.3 Å². The van der Waals surface area contributed by atoms with Gasteiger partial charge in [0, 0.05) is 35.9 Å². The average Bonchev–Trinajstić information content (AvgIpc) is 2.89. The Bertz CT molecular complexity index is 668. The Morgan fingerprint density at radius 1 is 1.15 bits per heavy atom. The second kappa shape index (κ2) is 5.43. The van der Waals surface area contributed by atoms with Gasteiger partial charge in [-0.05, 0) is 12.1 Å². The first-order valence-corrected chi connectivity index (χ1v) is 6.75. The maximum absolute atomic E-state index is 5.75. The molecule has 4 heteroatoms. The van der Waals surface area contributed by atoms with Crippen LogP contribution in [-0.4, -0.2) is 16.0 Å². The van der Waals surface area contributed by atoms with Crippen LogP contribution in [0.4, 0.5) is 0 Å². The highest BCUT2D eigenvalue weighted by molar-refractivity contribution is 5.81. The van der Waals surface area contributed by atoms with Crippen molar-refractivity contribution >= 4 is 11.0 Å². The molecular weight excluding hydrogens is 250 g/mol. The summed E-state index contributed by atoms with van der Waals surface area (Å²) in [6, 6.07) is 10.3. The van der Waals surface area contributed by atoms with E-state index in [4.69, 9.17) is 4.42 Å². The summed E-state index contributed by atoms with van der Waals surface area (Å²) in [5.41, 5.74) is 1.93. The van der Waals surface area contributed by atoms with Crippen molar-refractivity contribution in [3.63, 3.8) is 0 Å². The minimum absolute atomic E-state index is 0.449. The van der Waals surface area contributed by atoms with Gasteiger partial charge in [0.1, 0.15) is 5.58 Å². The number of hydrogen-bond donors (Lipinski definition) is 1. The number of aromatic nitrogens is 2. The summed E-state index contributed by atoms with van der Waals surface area (Å²) in [4.78, 5) is 8.75. The van der Waals surface area contributed by atoms with Crippen LogP contribution in [0.1, 0.15) is 19.4 Å². The lowest BCUT2D eigenvalue weighted by atomic mass is 10.2. The van der Waals surface area contributed by atoms with Gasteiger partial charge in [0.05, 0.1) is 0 Å². The van der Waals surface area contributed by atoms with Crippen LogP contribution in [0.2, 0.25) is 0 Å². The molecular formula is C16H17N3O. The van der Waals surface area contributed by atoms with Crippen LogP contribution in [0.3, 0.4) is 0 Å². The minimum atomic E-state index is 0.449. The van der Waals surface area contributed by atoms with Crippen molar-refractivity contribution in [2.24, 2.45) is 0 Å². The minimum Gasteiger partial charge on any atom is -0.453 e. The Balaban J connectivity index is 1.83. The molecule has 2 heterocycles. The molecule has 102 valence electrons. The molecule has 2 aromatic heterocycles. The first-order chi connectivity index (χ1) is 9.72. The molecule has 0 aliphatic carbocycles. The molecule has 1 N–H and O–H groups in total. The molecule has 3 aromatic rings. The molecule has 0 aliphatic heterocycles. The van der Waals surface area contributed by atoms with Gasteiger partial charge in [-0.15, -0.1) is 0 Å². The maximum Gasteiger partial charge on any atom is 0.195 e. The third kappa shape index (κ3) is 2.70.